The summed E-state index contributed by atoms with van der Waals surface area (Å²) < 4.78 is 2.08. The van der Waals surface area contributed by atoms with Crippen molar-refractivity contribution in [2.24, 2.45) is 0 Å². The monoisotopic (exact) mass is 253 g/mol. The molecule has 0 N–H and O–H groups in total. The standard InChI is InChI=1S/C5H7.W.2H/c1-3-5-4-2;;;/h1,3-5H,2H3;;;/q;;2*-1. The normalized spacial score (nSPS) is 11.5. The summed E-state index contributed by atoms with van der Waals surface area (Å²) in [5.41, 5.74) is 0. The zero-order chi connectivity index (χ0) is 4.83. The van der Waals surface area contributed by atoms with Gasteiger partial charge in [0.05, 0.1) is 0 Å². The maximum Gasteiger partial charge on any atom is -1.00 e. The van der Waals surface area contributed by atoms with E-state index in [4.69, 9.17) is 0 Å². The Balaban J connectivity index is -0.000000125. The van der Waals surface area contributed by atoms with Crippen LogP contribution < -0.4 is 0 Å². The molecule has 0 aliphatic rings. The Labute approximate surface area is 52.8 Å². The number of allylic oxidation sites excluding steroid dienone is 3. The third kappa shape index (κ3) is 4.17. The van der Waals surface area contributed by atoms with Gasteiger partial charge in [0.2, 0.25) is 0 Å². The van der Waals surface area contributed by atoms with Crippen molar-refractivity contribution in [3.63, 3.8) is 0 Å². The van der Waals surface area contributed by atoms with Gasteiger partial charge in [-0.25, -0.2) is 0 Å². The first-order valence-electron chi connectivity index (χ1n) is 1.81. The smallest absolute Gasteiger partial charge is 1.00 e. The minimum Gasteiger partial charge on any atom is -1.00 e. The van der Waals surface area contributed by atoms with E-state index in [2.05, 4.69) is 4.47 Å². The first-order valence-corrected chi connectivity index (χ1v) is 3.51. The molecule has 0 unspecified atom stereocenters. The minimum atomic E-state index is 0. The molecule has 0 atom stereocenters. The Hall–Kier alpha value is 0.168. The fourth-order valence-corrected chi connectivity index (χ4v) is 0.482. The van der Waals surface area contributed by atoms with E-state index in [1.165, 1.54) is 19.8 Å². The molecule has 0 aromatic carbocycles. The molecule has 0 amide bonds. The van der Waals surface area contributed by atoms with E-state index < -0.39 is 0 Å². The van der Waals surface area contributed by atoms with E-state index in [0.717, 1.165) is 0 Å². The van der Waals surface area contributed by atoms with Gasteiger partial charge in [0.15, 0.2) is 0 Å². The van der Waals surface area contributed by atoms with Gasteiger partial charge in [-0.2, -0.15) is 0 Å². The molecular weight excluding hydrogens is 244 g/mol. The Morgan fingerprint density at radius 1 is 1.50 bits per heavy atom. The van der Waals surface area contributed by atoms with Crippen LogP contribution in [0.1, 0.15) is 9.78 Å². The first-order chi connectivity index (χ1) is 2.91. The molecule has 0 radical (unpaired) electrons. The maximum atomic E-state index is 2.08. The second-order valence-corrected chi connectivity index (χ2v) is 1.83. The van der Waals surface area contributed by atoms with Crippen molar-refractivity contribution in [2.45, 2.75) is 6.92 Å². The summed E-state index contributed by atoms with van der Waals surface area (Å²) in [5.74, 6) is 0. The molecule has 0 spiro atoms. The summed E-state index contributed by atoms with van der Waals surface area (Å²) in [4.78, 5) is 0. The summed E-state index contributed by atoms with van der Waals surface area (Å²) in [6.45, 7) is 2.01. The van der Waals surface area contributed by atoms with Crippen molar-refractivity contribution in [1.82, 2.24) is 0 Å². The van der Waals surface area contributed by atoms with Crippen LogP contribution in [0.5, 0.6) is 0 Å². The van der Waals surface area contributed by atoms with Gasteiger partial charge in [-0.15, -0.1) is 0 Å². The largest absolute Gasteiger partial charge is 1.00 e. The van der Waals surface area contributed by atoms with Crippen LogP contribution in [-0.2, 0) is 19.8 Å². The van der Waals surface area contributed by atoms with E-state index in [9.17, 15) is 0 Å². The average molecular weight is 253 g/mol. The van der Waals surface area contributed by atoms with Gasteiger partial charge >= 0.3 is 49.4 Å². The summed E-state index contributed by atoms with van der Waals surface area (Å²) in [6.07, 6.45) is 6.07. The summed E-state index contributed by atoms with van der Waals surface area (Å²) in [7, 11) is 0. The molecular formula is C5H9W-2. The van der Waals surface area contributed by atoms with E-state index in [0.29, 0.717) is 0 Å². The molecule has 0 bridgehead atoms. The Kier molecular flexibility index (Phi) is 5.31. The molecule has 0 fully saturated rings. The molecule has 6 heavy (non-hydrogen) atoms. The van der Waals surface area contributed by atoms with Gasteiger partial charge in [0, 0.05) is 0 Å². The third-order valence-corrected chi connectivity index (χ3v) is 0.947. The van der Waals surface area contributed by atoms with Gasteiger partial charge in [0.1, 0.15) is 0 Å². The molecule has 0 aromatic heterocycles. The molecule has 0 nitrogen and oxygen atoms in total. The van der Waals surface area contributed by atoms with E-state index in [-0.39, 0.29) is 2.85 Å². The van der Waals surface area contributed by atoms with Gasteiger partial charge in [-0.1, -0.05) is 0 Å². The van der Waals surface area contributed by atoms with Crippen LogP contribution in [0, 0.1) is 0 Å². The Bertz CT molecular complexity index is 58.8. The predicted molar refractivity (Wildman–Crippen MR) is 26.2 cm³/mol. The van der Waals surface area contributed by atoms with Gasteiger partial charge in [-0.05, 0) is 0 Å². The third-order valence-electron chi connectivity index (χ3n) is 0.382. The van der Waals surface area contributed by atoms with Crippen molar-refractivity contribution in [2.75, 3.05) is 0 Å². The van der Waals surface area contributed by atoms with Crippen molar-refractivity contribution in [3.05, 3.63) is 22.7 Å². The van der Waals surface area contributed by atoms with E-state index >= 15 is 0 Å². The predicted octanol–water partition coefficient (Wildman–Crippen LogP) is 1.85. The summed E-state index contributed by atoms with van der Waals surface area (Å²) in [5, 5.41) is 0. The van der Waals surface area contributed by atoms with Crippen molar-refractivity contribution < 1.29 is 22.7 Å². The molecule has 0 aliphatic heterocycles. The van der Waals surface area contributed by atoms with Crippen LogP contribution in [-0.4, -0.2) is 0 Å². The fraction of sp³-hybridized carbons (Fsp3) is 0.200. The molecule has 0 saturated carbocycles. The SMILES string of the molecule is CC=CC=[CH][W].[H-].[H-]. The summed E-state index contributed by atoms with van der Waals surface area (Å²) in [6, 6.07) is 0. The first kappa shape index (κ1) is 6.17. The zero-order valence-electron chi connectivity index (χ0n) is 5.72. The average Bonchev–Trinajstić information content (AvgIpc) is 1.61. The van der Waals surface area contributed by atoms with Crippen molar-refractivity contribution in [3.8, 4) is 0 Å². The fourth-order valence-electron chi connectivity index (χ4n) is 0.156. The van der Waals surface area contributed by atoms with Crippen LogP contribution in [0.4, 0.5) is 0 Å². The molecule has 37 valence electrons. The topological polar surface area (TPSA) is 0 Å². The van der Waals surface area contributed by atoms with Crippen LogP contribution in [0.15, 0.2) is 22.7 Å². The van der Waals surface area contributed by atoms with Crippen molar-refractivity contribution >= 4 is 0 Å². The number of hydrogen-bond donors (Lipinski definition) is 0. The second kappa shape index (κ2) is 5.17. The molecule has 0 aromatic rings. The molecule has 0 rings (SSSR count). The van der Waals surface area contributed by atoms with Crippen molar-refractivity contribution in [1.29, 1.82) is 0 Å². The number of rotatable bonds is 1. The zero-order valence-corrected chi connectivity index (χ0v) is 6.65. The van der Waals surface area contributed by atoms with E-state index in [1.54, 1.807) is 0 Å². The van der Waals surface area contributed by atoms with Crippen LogP contribution >= 0.6 is 0 Å². The van der Waals surface area contributed by atoms with Crippen LogP contribution in [0.25, 0.3) is 0 Å². The molecule has 0 heterocycles. The van der Waals surface area contributed by atoms with Crippen LogP contribution in [0.3, 0.4) is 0 Å². The van der Waals surface area contributed by atoms with E-state index in [1.807, 2.05) is 25.2 Å². The van der Waals surface area contributed by atoms with Gasteiger partial charge in [-0.3, -0.25) is 0 Å². The van der Waals surface area contributed by atoms with Gasteiger partial charge in [0.25, 0.3) is 0 Å². The molecule has 0 saturated heterocycles. The number of hydrogen-bond acceptors (Lipinski definition) is 0. The molecule has 1 heteroatoms. The second-order valence-electron chi connectivity index (χ2n) is 0.854. The maximum absolute atomic E-state index is 2.08. The Morgan fingerprint density at radius 3 is 2.33 bits per heavy atom. The molecule has 0 aliphatic carbocycles. The summed E-state index contributed by atoms with van der Waals surface area (Å²) >= 11 is 1.50. The quantitative estimate of drug-likeness (QED) is 0.625. The van der Waals surface area contributed by atoms with Crippen LogP contribution in [0.2, 0.25) is 0 Å². The Morgan fingerprint density at radius 2 is 2.17 bits per heavy atom. The minimum absolute atomic E-state index is 0. The van der Waals surface area contributed by atoms with Gasteiger partial charge < -0.3 is 2.85 Å².